The van der Waals surface area contributed by atoms with Gasteiger partial charge < -0.3 is 15.8 Å². The molecule has 19 heavy (non-hydrogen) atoms. The number of nitrogens with two attached hydrogens (primary N) is 1. The summed E-state index contributed by atoms with van der Waals surface area (Å²) in [5.41, 5.74) is 6.99. The monoisotopic (exact) mass is 262 g/mol. The minimum absolute atomic E-state index is 0.103. The molecule has 3 N–H and O–H groups in total. The number of nitrogen functional groups attached to an aromatic ring is 1. The molecule has 0 heterocycles. The van der Waals surface area contributed by atoms with Gasteiger partial charge in [0.2, 0.25) is 5.91 Å². The maximum absolute atomic E-state index is 11.8. The normalized spacial score (nSPS) is 23.0. The summed E-state index contributed by atoms with van der Waals surface area (Å²) in [5, 5.41) is 2.77. The number of anilines is 2. The number of hydrogen-bond acceptors (Lipinski definition) is 3. The van der Waals surface area contributed by atoms with Gasteiger partial charge in [-0.15, -0.1) is 0 Å². The molecule has 1 aliphatic carbocycles. The largest absolute Gasteiger partial charge is 0.397 e. The fourth-order valence-corrected chi connectivity index (χ4v) is 2.52. The minimum atomic E-state index is -0.142. The molecule has 2 rings (SSSR count). The van der Waals surface area contributed by atoms with Crippen molar-refractivity contribution in [1.29, 1.82) is 0 Å². The van der Waals surface area contributed by atoms with Crippen LogP contribution in [0.25, 0.3) is 0 Å². The van der Waals surface area contributed by atoms with Crippen LogP contribution in [0.2, 0.25) is 0 Å². The van der Waals surface area contributed by atoms with E-state index in [1.54, 1.807) is 12.1 Å². The van der Waals surface area contributed by atoms with Gasteiger partial charge in [-0.3, -0.25) is 4.79 Å². The van der Waals surface area contributed by atoms with Crippen LogP contribution in [0, 0.1) is 5.92 Å². The van der Waals surface area contributed by atoms with Gasteiger partial charge in [-0.1, -0.05) is 31.9 Å². The molecule has 0 spiro atoms. The first-order valence-electron chi connectivity index (χ1n) is 6.91. The van der Waals surface area contributed by atoms with Gasteiger partial charge in [0.15, 0.2) is 0 Å². The Bertz CT molecular complexity index is 434. The van der Waals surface area contributed by atoms with Crippen molar-refractivity contribution in [2.24, 2.45) is 5.92 Å². The highest BCUT2D eigenvalue weighted by atomic mass is 16.5. The molecule has 2 unspecified atom stereocenters. The molecule has 1 amide bonds. The zero-order chi connectivity index (χ0) is 13.7. The molecule has 0 bridgehead atoms. The second kappa shape index (κ2) is 6.57. The molecule has 0 saturated heterocycles. The molecule has 0 aromatic heterocycles. The topological polar surface area (TPSA) is 64.3 Å². The SMILES string of the molecule is CC1CCCC(OCC(=O)Nc2ccccc2N)C1. The number of rotatable bonds is 4. The number of benzene rings is 1. The van der Waals surface area contributed by atoms with E-state index in [-0.39, 0.29) is 18.6 Å². The first kappa shape index (κ1) is 13.9. The summed E-state index contributed by atoms with van der Waals surface area (Å²) in [6.07, 6.45) is 4.81. The highest BCUT2D eigenvalue weighted by Gasteiger charge is 2.20. The molecule has 1 fully saturated rings. The quantitative estimate of drug-likeness (QED) is 0.820. The minimum Gasteiger partial charge on any atom is -0.397 e. The Hall–Kier alpha value is -1.55. The molecule has 1 aromatic rings. The van der Waals surface area contributed by atoms with E-state index in [0.29, 0.717) is 17.3 Å². The number of para-hydroxylation sites is 2. The highest BCUT2D eigenvalue weighted by molar-refractivity contribution is 5.94. The third-order valence-electron chi connectivity index (χ3n) is 3.57. The zero-order valence-corrected chi connectivity index (χ0v) is 11.4. The number of amides is 1. The Labute approximate surface area is 114 Å². The zero-order valence-electron chi connectivity index (χ0n) is 11.4. The first-order valence-corrected chi connectivity index (χ1v) is 6.91. The van der Waals surface area contributed by atoms with E-state index >= 15 is 0 Å². The fraction of sp³-hybridized carbons (Fsp3) is 0.533. The molecule has 1 aromatic carbocycles. The Morgan fingerprint density at radius 1 is 1.42 bits per heavy atom. The molecule has 104 valence electrons. The predicted octanol–water partition coefficient (Wildman–Crippen LogP) is 2.80. The van der Waals surface area contributed by atoms with Crippen molar-refractivity contribution >= 4 is 17.3 Å². The maximum atomic E-state index is 11.8. The summed E-state index contributed by atoms with van der Waals surface area (Å²) < 4.78 is 5.67. The lowest BCUT2D eigenvalue weighted by atomic mass is 9.89. The second-order valence-corrected chi connectivity index (χ2v) is 5.34. The first-order chi connectivity index (χ1) is 9.15. The predicted molar refractivity (Wildman–Crippen MR) is 76.9 cm³/mol. The van der Waals surface area contributed by atoms with E-state index in [2.05, 4.69) is 12.2 Å². The molecule has 4 heteroatoms. The van der Waals surface area contributed by atoms with Crippen molar-refractivity contribution in [3.8, 4) is 0 Å². The number of carbonyl (C=O) groups is 1. The molecule has 0 radical (unpaired) electrons. The van der Waals surface area contributed by atoms with Gasteiger partial charge in [0.25, 0.3) is 0 Å². The van der Waals surface area contributed by atoms with Gasteiger partial charge in [0, 0.05) is 0 Å². The Kier molecular flexibility index (Phi) is 4.80. The third kappa shape index (κ3) is 4.24. The highest BCUT2D eigenvalue weighted by Crippen LogP contribution is 2.25. The van der Waals surface area contributed by atoms with Crippen molar-refractivity contribution in [2.45, 2.75) is 38.7 Å². The van der Waals surface area contributed by atoms with Crippen molar-refractivity contribution in [2.75, 3.05) is 17.7 Å². The Morgan fingerprint density at radius 2 is 2.21 bits per heavy atom. The number of ether oxygens (including phenoxy) is 1. The average Bonchev–Trinajstić information content (AvgIpc) is 2.39. The van der Waals surface area contributed by atoms with Crippen molar-refractivity contribution in [3.63, 3.8) is 0 Å². The lowest BCUT2D eigenvalue weighted by Gasteiger charge is -2.26. The molecule has 1 aliphatic rings. The average molecular weight is 262 g/mol. The smallest absolute Gasteiger partial charge is 0.250 e. The molecule has 1 saturated carbocycles. The maximum Gasteiger partial charge on any atom is 0.250 e. The van der Waals surface area contributed by atoms with Crippen LogP contribution < -0.4 is 11.1 Å². The third-order valence-corrected chi connectivity index (χ3v) is 3.57. The van der Waals surface area contributed by atoms with Gasteiger partial charge in [0.05, 0.1) is 17.5 Å². The van der Waals surface area contributed by atoms with Crippen molar-refractivity contribution in [3.05, 3.63) is 24.3 Å². The molecule has 2 atom stereocenters. The van der Waals surface area contributed by atoms with E-state index in [4.69, 9.17) is 10.5 Å². The van der Waals surface area contributed by atoms with Gasteiger partial charge in [-0.25, -0.2) is 0 Å². The summed E-state index contributed by atoms with van der Waals surface area (Å²) in [7, 11) is 0. The van der Waals surface area contributed by atoms with Crippen LogP contribution in [-0.4, -0.2) is 18.6 Å². The van der Waals surface area contributed by atoms with E-state index in [1.165, 1.54) is 12.8 Å². The van der Waals surface area contributed by atoms with Crippen molar-refractivity contribution in [1.82, 2.24) is 0 Å². The lowest BCUT2D eigenvalue weighted by molar-refractivity contribution is -0.123. The summed E-state index contributed by atoms with van der Waals surface area (Å²) >= 11 is 0. The van der Waals surface area contributed by atoms with Crippen LogP contribution in [0.5, 0.6) is 0 Å². The molecular weight excluding hydrogens is 240 g/mol. The van der Waals surface area contributed by atoms with Gasteiger partial charge in [-0.05, 0) is 30.9 Å². The van der Waals surface area contributed by atoms with Crippen LogP contribution in [0.3, 0.4) is 0 Å². The van der Waals surface area contributed by atoms with Gasteiger partial charge in [-0.2, -0.15) is 0 Å². The Morgan fingerprint density at radius 3 is 2.95 bits per heavy atom. The number of nitrogens with one attached hydrogen (secondary N) is 1. The van der Waals surface area contributed by atoms with Crippen molar-refractivity contribution < 1.29 is 9.53 Å². The number of hydrogen-bond donors (Lipinski definition) is 2. The molecule has 0 aliphatic heterocycles. The van der Waals surface area contributed by atoms with E-state index in [0.717, 1.165) is 12.8 Å². The van der Waals surface area contributed by atoms with Crippen LogP contribution in [0.15, 0.2) is 24.3 Å². The van der Waals surface area contributed by atoms with Crippen LogP contribution in [0.1, 0.15) is 32.6 Å². The Balaban J connectivity index is 1.77. The van der Waals surface area contributed by atoms with Gasteiger partial charge >= 0.3 is 0 Å². The van der Waals surface area contributed by atoms with E-state index in [9.17, 15) is 4.79 Å². The standard InChI is InChI=1S/C15H22N2O2/c1-11-5-4-6-12(9-11)19-10-15(18)17-14-8-3-2-7-13(14)16/h2-3,7-8,11-12H,4-6,9-10,16H2,1H3,(H,17,18). The van der Waals surface area contributed by atoms with Gasteiger partial charge in [0.1, 0.15) is 6.61 Å². The van der Waals surface area contributed by atoms with Crippen LogP contribution in [-0.2, 0) is 9.53 Å². The summed E-state index contributed by atoms with van der Waals surface area (Å²) in [5.74, 6) is 0.558. The van der Waals surface area contributed by atoms with E-state index in [1.807, 2.05) is 12.1 Å². The summed E-state index contributed by atoms with van der Waals surface area (Å²) in [4.78, 5) is 11.8. The van der Waals surface area contributed by atoms with Crippen LogP contribution in [0.4, 0.5) is 11.4 Å². The second-order valence-electron chi connectivity index (χ2n) is 5.34. The van der Waals surface area contributed by atoms with Crippen LogP contribution >= 0.6 is 0 Å². The van der Waals surface area contributed by atoms with E-state index < -0.39 is 0 Å². The number of carbonyl (C=O) groups excluding carboxylic acids is 1. The fourth-order valence-electron chi connectivity index (χ4n) is 2.52. The summed E-state index contributed by atoms with van der Waals surface area (Å²) in [6, 6.07) is 7.23. The molecule has 4 nitrogen and oxygen atoms in total. The summed E-state index contributed by atoms with van der Waals surface area (Å²) in [6.45, 7) is 2.34. The molecular formula is C15H22N2O2. The lowest BCUT2D eigenvalue weighted by Crippen LogP contribution is -2.27.